The molecule has 1 aliphatic heterocycles. The quantitative estimate of drug-likeness (QED) is 0.899. The van der Waals surface area contributed by atoms with Gasteiger partial charge in [-0.05, 0) is 36.2 Å². The van der Waals surface area contributed by atoms with E-state index in [0.29, 0.717) is 5.75 Å². The maximum absolute atomic E-state index is 13.7. The van der Waals surface area contributed by atoms with E-state index >= 15 is 0 Å². The van der Waals surface area contributed by atoms with Crippen LogP contribution in [0.15, 0.2) is 30.5 Å². The van der Waals surface area contributed by atoms with Crippen LogP contribution in [0.3, 0.4) is 0 Å². The predicted molar refractivity (Wildman–Crippen MR) is 70.9 cm³/mol. The van der Waals surface area contributed by atoms with Gasteiger partial charge in [-0.25, -0.2) is 4.39 Å². The summed E-state index contributed by atoms with van der Waals surface area (Å²) in [5.74, 6) is 0.456. The Kier molecular flexibility index (Phi) is 3.17. The topological polar surface area (TPSA) is 34.1 Å². The van der Waals surface area contributed by atoms with Crippen LogP contribution >= 0.6 is 0 Å². The molecule has 0 unspecified atom stereocenters. The zero-order chi connectivity index (χ0) is 13.2. The number of aryl methyl sites for hydroxylation is 1. The zero-order valence-electron chi connectivity index (χ0n) is 10.7. The summed E-state index contributed by atoms with van der Waals surface area (Å²) in [6.07, 6.45) is 2.58. The van der Waals surface area contributed by atoms with Crippen molar-refractivity contribution in [2.75, 3.05) is 6.54 Å². The standard InChI is InChI=1S/C15H15FN2O/c1-10-2-3-15(13(16)6-10)19-12-7-11-8-17-5-4-14(11)18-9-12/h2-3,6-7,9,17H,4-5,8H2,1H3. The summed E-state index contributed by atoms with van der Waals surface area (Å²) in [5, 5.41) is 3.28. The number of halogens is 1. The Morgan fingerprint density at radius 3 is 3.05 bits per heavy atom. The van der Waals surface area contributed by atoms with Crippen molar-refractivity contribution in [3.8, 4) is 11.5 Å². The fourth-order valence-corrected chi connectivity index (χ4v) is 2.20. The molecule has 1 aliphatic rings. The van der Waals surface area contributed by atoms with Crippen LogP contribution in [0.4, 0.5) is 4.39 Å². The molecule has 0 saturated carbocycles. The van der Waals surface area contributed by atoms with E-state index in [-0.39, 0.29) is 11.6 Å². The fraction of sp³-hybridized carbons (Fsp3) is 0.267. The van der Waals surface area contributed by atoms with Crippen molar-refractivity contribution in [3.05, 3.63) is 53.1 Å². The summed E-state index contributed by atoms with van der Waals surface area (Å²) in [4.78, 5) is 4.38. The van der Waals surface area contributed by atoms with Crippen molar-refractivity contribution in [2.45, 2.75) is 19.9 Å². The average Bonchev–Trinajstić information content (AvgIpc) is 2.42. The van der Waals surface area contributed by atoms with Crippen molar-refractivity contribution in [1.82, 2.24) is 10.3 Å². The molecule has 2 heterocycles. The lowest BCUT2D eigenvalue weighted by atomic mass is 10.1. The summed E-state index contributed by atoms with van der Waals surface area (Å²) in [6, 6.07) is 6.85. The molecule has 3 rings (SSSR count). The molecule has 19 heavy (non-hydrogen) atoms. The van der Waals surface area contributed by atoms with Crippen LogP contribution in [0.5, 0.6) is 11.5 Å². The van der Waals surface area contributed by atoms with Gasteiger partial charge in [-0.2, -0.15) is 0 Å². The second-order valence-electron chi connectivity index (χ2n) is 4.74. The highest BCUT2D eigenvalue weighted by Crippen LogP contribution is 2.26. The molecule has 1 aromatic carbocycles. The number of rotatable bonds is 2. The monoisotopic (exact) mass is 258 g/mol. The Morgan fingerprint density at radius 2 is 2.21 bits per heavy atom. The normalized spacial score (nSPS) is 14.0. The van der Waals surface area contributed by atoms with E-state index in [1.54, 1.807) is 12.3 Å². The number of nitrogens with one attached hydrogen (secondary N) is 1. The van der Waals surface area contributed by atoms with Crippen molar-refractivity contribution >= 4 is 0 Å². The van der Waals surface area contributed by atoms with Gasteiger partial charge in [0.2, 0.25) is 0 Å². The molecule has 0 fully saturated rings. The third kappa shape index (κ3) is 2.58. The van der Waals surface area contributed by atoms with Gasteiger partial charge in [0.25, 0.3) is 0 Å². The Hall–Kier alpha value is -1.94. The number of ether oxygens (including phenoxy) is 1. The molecule has 1 aromatic heterocycles. The first-order valence-corrected chi connectivity index (χ1v) is 6.35. The molecule has 4 heteroatoms. The highest BCUT2D eigenvalue weighted by atomic mass is 19.1. The van der Waals surface area contributed by atoms with E-state index in [1.165, 1.54) is 6.07 Å². The first-order valence-electron chi connectivity index (χ1n) is 6.35. The van der Waals surface area contributed by atoms with Gasteiger partial charge >= 0.3 is 0 Å². The molecule has 2 aromatic rings. The lowest BCUT2D eigenvalue weighted by Crippen LogP contribution is -2.24. The molecule has 0 atom stereocenters. The highest BCUT2D eigenvalue weighted by molar-refractivity contribution is 5.36. The maximum Gasteiger partial charge on any atom is 0.165 e. The smallest absolute Gasteiger partial charge is 0.165 e. The van der Waals surface area contributed by atoms with Gasteiger partial charge < -0.3 is 10.1 Å². The summed E-state index contributed by atoms with van der Waals surface area (Å²) in [5.41, 5.74) is 3.09. The molecular weight excluding hydrogens is 243 g/mol. The number of hydrogen-bond donors (Lipinski definition) is 1. The molecule has 0 bridgehead atoms. The van der Waals surface area contributed by atoms with Gasteiger partial charge in [0, 0.05) is 25.2 Å². The van der Waals surface area contributed by atoms with Crippen LogP contribution in [0.1, 0.15) is 16.8 Å². The van der Waals surface area contributed by atoms with Crippen molar-refractivity contribution < 1.29 is 9.13 Å². The van der Waals surface area contributed by atoms with Crippen LogP contribution in [0.25, 0.3) is 0 Å². The van der Waals surface area contributed by atoms with Gasteiger partial charge in [0.05, 0.1) is 6.20 Å². The number of pyridine rings is 1. The number of nitrogens with zero attached hydrogens (tertiary/aromatic N) is 1. The van der Waals surface area contributed by atoms with Crippen LogP contribution in [0.2, 0.25) is 0 Å². The SMILES string of the molecule is Cc1ccc(Oc2cnc3c(c2)CNCC3)c(F)c1. The average molecular weight is 258 g/mol. The van der Waals surface area contributed by atoms with E-state index in [9.17, 15) is 4.39 Å². The van der Waals surface area contributed by atoms with E-state index in [1.807, 2.05) is 19.1 Å². The van der Waals surface area contributed by atoms with Crippen LogP contribution in [0, 0.1) is 12.7 Å². The largest absolute Gasteiger partial charge is 0.453 e. The molecule has 98 valence electrons. The number of fused-ring (bicyclic) bond motifs is 1. The number of benzene rings is 1. The predicted octanol–water partition coefficient (Wildman–Crippen LogP) is 2.97. The van der Waals surface area contributed by atoms with E-state index in [4.69, 9.17) is 4.74 Å². The number of aromatic nitrogens is 1. The van der Waals surface area contributed by atoms with Gasteiger partial charge in [0.1, 0.15) is 5.75 Å². The van der Waals surface area contributed by atoms with Gasteiger partial charge in [0.15, 0.2) is 11.6 Å². The lowest BCUT2D eigenvalue weighted by Gasteiger charge is -2.17. The zero-order valence-corrected chi connectivity index (χ0v) is 10.7. The first kappa shape index (κ1) is 12.1. The third-order valence-electron chi connectivity index (χ3n) is 3.20. The van der Waals surface area contributed by atoms with Crippen LogP contribution in [-0.4, -0.2) is 11.5 Å². The van der Waals surface area contributed by atoms with Crippen molar-refractivity contribution in [1.29, 1.82) is 0 Å². The molecular formula is C15H15FN2O. The minimum atomic E-state index is -0.351. The minimum absolute atomic E-state index is 0.233. The highest BCUT2D eigenvalue weighted by Gasteiger charge is 2.12. The second-order valence-corrected chi connectivity index (χ2v) is 4.74. The van der Waals surface area contributed by atoms with Gasteiger partial charge in [-0.15, -0.1) is 0 Å². The molecule has 0 amide bonds. The van der Waals surface area contributed by atoms with Gasteiger partial charge in [-0.3, -0.25) is 4.98 Å². The van der Waals surface area contributed by atoms with E-state index in [2.05, 4.69) is 10.3 Å². The Morgan fingerprint density at radius 1 is 1.32 bits per heavy atom. The second kappa shape index (κ2) is 4.97. The third-order valence-corrected chi connectivity index (χ3v) is 3.20. The summed E-state index contributed by atoms with van der Waals surface area (Å²) < 4.78 is 19.3. The fourth-order valence-electron chi connectivity index (χ4n) is 2.20. The minimum Gasteiger partial charge on any atom is -0.453 e. The molecule has 3 nitrogen and oxygen atoms in total. The lowest BCUT2D eigenvalue weighted by molar-refractivity contribution is 0.438. The first-order chi connectivity index (χ1) is 9.22. The Balaban J connectivity index is 1.87. The van der Waals surface area contributed by atoms with E-state index < -0.39 is 0 Å². The summed E-state index contributed by atoms with van der Waals surface area (Å²) in [6.45, 7) is 3.59. The maximum atomic E-state index is 13.7. The summed E-state index contributed by atoms with van der Waals surface area (Å²) in [7, 11) is 0. The van der Waals surface area contributed by atoms with Crippen LogP contribution in [-0.2, 0) is 13.0 Å². The molecule has 0 radical (unpaired) electrons. The van der Waals surface area contributed by atoms with Crippen LogP contribution < -0.4 is 10.1 Å². The summed E-state index contributed by atoms with van der Waals surface area (Å²) >= 11 is 0. The van der Waals surface area contributed by atoms with Crippen molar-refractivity contribution in [3.63, 3.8) is 0 Å². The van der Waals surface area contributed by atoms with Gasteiger partial charge in [-0.1, -0.05) is 6.07 Å². The van der Waals surface area contributed by atoms with Crippen molar-refractivity contribution in [2.24, 2.45) is 0 Å². The van der Waals surface area contributed by atoms with E-state index in [0.717, 1.165) is 36.3 Å². The molecule has 0 spiro atoms. The molecule has 1 N–H and O–H groups in total. The molecule has 0 aliphatic carbocycles. The Bertz CT molecular complexity index is 613. The number of hydrogen-bond acceptors (Lipinski definition) is 3. The Labute approximate surface area is 111 Å². The molecule has 0 saturated heterocycles.